The van der Waals surface area contributed by atoms with Crippen molar-refractivity contribution in [3.05, 3.63) is 11.8 Å². The quantitative estimate of drug-likeness (QED) is 0.668. The van der Waals surface area contributed by atoms with Gasteiger partial charge in [-0.25, -0.2) is 0 Å². The number of ether oxygens (including phenoxy) is 1. The molecule has 0 atom stereocenters. The zero-order chi connectivity index (χ0) is 8.55. The Kier molecular flexibility index (Phi) is 1.79. The fourth-order valence-corrected chi connectivity index (χ4v) is 1.35. The van der Waals surface area contributed by atoms with Crippen molar-refractivity contribution in [3.8, 4) is 5.88 Å². The molecule has 0 bridgehead atoms. The number of aryl methyl sites for hydroxylation is 2. The molecule has 0 spiro atoms. The van der Waals surface area contributed by atoms with Gasteiger partial charge in [-0.15, -0.1) is 5.10 Å². The second-order valence-corrected chi connectivity index (χ2v) is 3.46. The fraction of sp³-hybridized carbons (Fsp3) is 0.667. The van der Waals surface area contributed by atoms with E-state index in [9.17, 15) is 0 Å². The van der Waals surface area contributed by atoms with Gasteiger partial charge in [-0.3, -0.25) is 4.68 Å². The third kappa shape index (κ3) is 1.31. The molecule has 0 radical (unpaired) electrons. The van der Waals surface area contributed by atoms with E-state index in [-0.39, 0.29) is 0 Å². The Morgan fingerprint density at radius 3 is 2.75 bits per heavy atom. The van der Waals surface area contributed by atoms with Crippen molar-refractivity contribution in [2.75, 3.05) is 0 Å². The first kappa shape index (κ1) is 7.65. The van der Waals surface area contributed by atoms with Crippen molar-refractivity contribution in [1.82, 2.24) is 9.78 Å². The van der Waals surface area contributed by atoms with Crippen LogP contribution in [-0.4, -0.2) is 15.9 Å². The molecule has 0 unspecified atom stereocenters. The number of rotatable bonds is 2. The molecule has 1 saturated carbocycles. The van der Waals surface area contributed by atoms with Gasteiger partial charge in [0.1, 0.15) is 6.10 Å². The van der Waals surface area contributed by atoms with Crippen LogP contribution in [0.3, 0.4) is 0 Å². The summed E-state index contributed by atoms with van der Waals surface area (Å²) in [5, 5.41) is 4.23. The van der Waals surface area contributed by atoms with Gasteiger partial charge in [-0.1, -0.05) is 0 Å². The van der Waals surface area contributed by atoms with E-state index in [2.05, 4.69) is 5.10 Å². The number of hydrogen-bond donors (Lipinski definition) is 0. The largest absolute Gasteiger partial charge is 0.473 e. The van der Waals surface area contributed by atoms with Crippen molar-refractivity contribution in [1.29, 1.82) is 0 Å². The lowest BCUT2D eigenvalue weighted by atomic mass is 9.96. The van der Waals surface area contributed by atoms with Gasteiger partial charge >= 0.3 is 0 Å². The molecule has 1 aliphatic carbocycles. The lowest BCUT2D eigenvalue weighted by molar-refractivity contribution is 0.113. The Bertz CT molecular complexity index is 276. The van der Waals surface area contributed by atoms with Gasteiger partial charge in [0.15, 0.2) is 0 Å². The molecule has 0 saturated heterocycles. The minimum Gasteiger partial charge on any atom is -0.473 e. The van der Waals surface area contributed by atoms with E-state index in [1.165, 1.54) is 19.3 Å². The Hall–Kier alpha value is -0.990. The Labute approximate surface area is 72.3 Å². The predicted molar refractivity (Wildman–Crippen MR) is 46.2 cm³/mol. The van der Waals surface area contributed by atoms with Crippen molar-refractivity contribution >= 4 is 0 Å². The molecular weight excluding hydrogens is 152 g/mol. The van der Waals surface area contributed by atoms with Crippen molar-refractivity contribution in [3.63, 3.8) is 0 Å². The maximum atomic E-state index is 5.67. The molecule has 0 aliphatic heterocycles. The molecular formula is C9H14N2O. The van der Waals surface area contributed by atoms with Gasteiger partial charge < -0.3 is 4.74 Å². The van der Waals surface area contributed by atoms with Crippen LogP contribution in [-0.2, 0) is 7.05 Å². The molecule has 1 heterocycles. The smallest absolute Gasteiger partial charge is 0.235 e. The summed E-state index contributed by atoms with van der Waals surface area (Å²) in [6.45, 7) is 2.03. The average molecular weight is 166 g/mol. The van der Waals surface area contributed by atoms with Crippen molar-refractivity contribution in [2.24, 2.45) is 7.05 Å². The van der Waals surface area contributed by atoms with Crippen molar-refractivity contribution < 1.29 is 4.74 Å². The van der Waals surface area contributed by atoms with Crippen LogP contribution in [0.1, 0.15) is 24.8 Å². The topological polar surface area (TPSA) is 27.1 Å². The van der Waals surface area contributed by atoms with Crippen LogP contribution in [0.25, 0.3) is 0 Å². The highest BCUT2D eigenvalue weighted by atomic mass is 16.5. The summed E-state index contributed by atoms with van der Waals surface area (Å²) in [7, 11) is 1.92. The van der Waals surface area contributed by atoms with E-state index in [1.807, 2.05) is 20.2 Å². The van der Waals surface area contributed by atoms with Gasteiger partial charge in [0.2, 0.25) is 5.88 Å². The second-order valence-electron chi connectivity index (χ2n) is 3.46. The highest BCUT2D eigenvalue weighted by Gasteiger charge is 2.20. The summed E-state index contributed by atoms with van der Waals surface area (Å²) in [4.78, 5) is 0. The molecule has 1 fully saturated rings. The van der Waals surface area contributed by atoms with Gasteiger partial charge in [-0.05, 0) is 26.2 Å². The van der Waals surface area contributed by atoms with Crippen LogP contribution in [0.15, 0.2) is 6.20 Å². The maximum Gasteiger partial charge on any atom is 0.235 e. The average Bonchev–Trinajstić information content (AvgIpc) is 2.21. The standard InChI is InChI=1S/C9H14N2O/c1-7-6-11(2)10-9(7)12-8-4-3-5-8/h6,8H,3-5H2,1-2H3. The second kappa shape index (κ2) is 2.81. The maximum absolute atomic E-state index is 5.67. The molecule has 1 aliphatic rings. The minimum atomic E-state index is 0.429. The van der Waals surface area contributed by atoms with E-state index >= 15 is 0 Å². The molecule has 3 nitrogen and oxygen atoms in total. The van der Waals surface area contributed by atoms with Crippen LogP contribution in [0, 0.1) is 6.92 Å². The third-order valence-electron chi connectivity index (χ3n) is 2.30. The molecule has 1 aromatic heterocycles. The SMILES string of the molecule is Cc1cn(C)nc1OC1CCC1. The summed E-state index contributed by atoms with van der Waals surface area (Å²) in [5.41, 5.74) is 1.13. The van der Waals surface area contributed by atoms with Gasteiger partial charge in [0, 0.05) is 18.8 Å². The summed E-state index contributed by atoms with van der Waals surface area (Å²) < 4.78 is 7.46. The monoisotopic (exact) mass is 166 g/mol. The van der Waals surface area contributed by atoms with E-state index in [0.717, 1.165) is 11.4 Å². The number of hydrogen-bond acceptors (Lipinski definition) is 2. The normalized spacial score (nSPS) is 17.5. The number of nitrogens with zero attached hydrogens (tertiary/aromatic N) is 2. The highest BCUT2D eigenvalue weighted by Crippen LogP contribution is 2.25. The minimum absolute atomic E-state index is 0.429. The Morgan fingerprint density at radius 2 is 2.33 bits per heavy atom. The molecule has 0 amide bonds. The zero-order valence-electron chi connectivity index (χ0n) is 7.58. The van der Waals surface area contributed by atoms with E-state index in [1.54, 1.807) is 4.68 Å². The first-order valence-electron chi connectivity index (χ1n) is 4.42. The molecule has 66 valence electrons. The molecule has 3 heteroatoms. The first-order valence-corrected chi connectivity index (χ1v) is 4.42. The summed E-state index contributed by atoms with van der Waals surface area (Å²) in [6, 6.07) is 0. The molecule has 0 aromatic carbocycles. The van der Waals surface area contributed by atoms with Gasteiger partial charge in [0.05, 0.1) is 0 Å². The van der Waals surface area contributed by atoms with Gasteiger partial charge in [0.25, 0.3) is 0 Å². The molecule has 2 rings (SSSR count). The fourth-order valence-electron chi connectivity index (χ4n) is 1.35. The lowest BCUT2D eigenvalue weighted by Crippen LogP contribution is -2.25. The summed E-state index contributed by atoms with van der Waals surface area (Å²) >= 11 is 0. The number of aromatic nitrogens is 2. The highest BCUT2D eigenvalue weighted by molar-refractivity contribution is 5.21. The molecule has 1 aromatic rings. The third-order valence-corrected chi connectivity index (χ3v) is 2.30. The van der Waals surface area contributed by atoms with Crippen LogP contribution in [0.4, 0.5) is 0 Å². The zero-order valence-corrected chi connectivity index (χ0v) is 7.58. The Balaban J connectivity index is 2.05. The predicted octanol–water partition coefficient (Wildman–Crippen LogP) is 1.66. The Morgan fingerprint density at radius 1 is 1.58 bits per heavy atom. The summed E-state index contributed by atoms with van der Waals surface area (Å²) in [5.74, 6) is 0.808. The van der Waals surface area contributed by atoms with Crippen LogP contribution in [0.2, 0.25) is 0 Å². The van der Waals surface area contributed by atoms with E-state index < -0.39 is 0 Å². The first-order chi connectivity index (χ1) is 5.75. The van der Waals surface area contributed by atoms with Crippen LogP contribution < -0.4 is 4.74 Å². The van der Waals surface area contributed by atoms with Crippen LogP contribution in [0.5, 0.6) is 5.88 Å². The molecule has 12 heavy (non-hydrogen) atoms. The van der Waals surface area contributed by atoms with E-state index in [4.69, 9.17) is 4.74 Å². The molecule has 0 N–H and O–H groups in total. The van der Waals surface area contributed by atoms with Gasteiger partial charge in [-0.2, -0.15) is 0 Å². The van der Waals surface area contributed by atoms with E-state index in [0.29, 0.717) is 6.10 Å². The van der Waals surface area contributed by atoms with Crippen molar-refractivity contribution in [2.45, 2.75) is 32.3 Å². The summed E-state index contributed by atoms with van der Waals surface area (Å²) in [6.07, 6.45) is 6.09. The van der Waals surface area contributed by atoms with Crippen LogP contribution >= 0.6 is 0 Å². The lowest BCUT2D eigenvalue weighted by Gasteiger charge is -2.25.